The second kappa shape index (κ2) is 30.0. The Morgan fingerprint density at radius 1 is 0.432 bits per heavy atom. The summed E-state index contributed by atoms with van der Waals surface area (Å²) >= 11 is 0. The van der Waals surface area contributed by atoms with Crippen LogP contribution in [0, 0.1) is 0 Å². The lowest BCUT2D eigenvalue weighted by Crippen LogP contribution is -2.56. The predicted molar refractivity (Wildman–Crippen MR) is 345 cm³/mol. The maximum Gasteiger partial charge on any atom is 0.219 e. The number of carbonyl (C=O) groups excluding carboxylic acids is 1. The molecule has 0 radical (unpaired) electrons. The van der Waals surface area contributed by atoms with E-state index in [1.807, 2.05) is 11.8 Å². The minimum atomic E-state index is -0.409. The summed E-state index contributed by atoms with van der Waals surface area (Å²) in [7, 11) is 0. The standard InChI is InChI=1S/C12H23NO.C11H21NO.C11H21N.C10H20N2O.C9H17N.C8H17NO.C8H15N/c1-11(2,3)13-9-5-6-10(13)8-12(4,14)7-9;1-11(2,3)12-8-4-5-9(12)7-10(13)6-8;1-11(2,3)12-9-5-4-6-10(12)8-7-9;1-9(13)11-5-7-12(8-6-11)10(2,3)4;1-9(2,3)10-7-5-4-6-8-10;1-8(2,3)9-4-6-10-7-5-9;1-8(2,3)9-6-4-5-7-9/h9-10,14H,5-8H2,1-4H3;8-10,13H,4-7H2,1-3H3;9-10H,4-8H2,1-3H3;5-8H2,1-4H3;4-5H,6-8H2,1-3H3;4-7H2,1-3H3;4-5H,6-7H2,1-3H3. The van der Waals surface area contributed by atoms with E-state index < -0.39 is 5.60 Å². The summed E-state index contributed by atoms with van der Waals surface area (Å²) in [6, 6.07) is 4.36. The zero-order valence-corrected chi connectivity index (χ0v) is 57.5. The first-order valence-electron chi connectivity index (χ1n) is 33.0. The fourth-order valence-electron chi connectivity index (χ4n) is 15.2. The summed E-state index contributed by atoms with van der Waals surface area (Å²) in [6.07, 6.45) is 26.5. The van der Waals surface area contributed by atoms with Crippen molar-refractivity contribution < 1.29 is 19.7 Å². The molecule has 0 aromatic heterocycles. The molecule has 8 saturated heterocycles. The van der Waals surface area contributed by atoms with Crippen molar-refractivity contribution in [2.75, 3.05) is 78.7 Å². The SMILES string of the molecule is CC(=O)N1CCN(C(C)(C)C)CC1.CC(C)(C)N1C2CCC1CC(O)C2.CC(C)(C)N1C2CCCC1CC2.CC(C)(C)N1CC=CC1.CC(C)(C)N1CC=CCC1.CC(C)(C)N1CCOCC1.CC1(O)CC2CCC(C1)N2C(C)(C)C. The second-order valence-electron chi connectivity index (χ2n) is 33.2. The van der Waals surface area contributed by atoms with Crippen LogP contribution in [0.2, 0.25) is 0 Å². The third kappa shape index (κ3) is 23.3. The molecule has 6 bridgehead atoms. The Balaban J connectivity index is 0.000000204. The molecule has 0 saturated carbocycles. The molecule has 8 fully saturated rings. The van der Waals surface area contributed by atoms with Gasteiger partial charge in [0, 0.05) is 147 Å². The number of morpholine rings is 1. The van der Waals surface area contributed by atoms with Crippen molar-refractivity contribution in [2.45, 2.75) is 336 Å². The van der Waals surface area contributed by atoms with Crippen molar-refractivity contribution >= 4 is 5.91 Å². The van der Waals surface area contributed by atoms with Crippen molar-refractivity contribution in [3.63, 3.8) is 0 Å². The van der Waals surface area contributed by atoms with Crippen LogP contribution in [0.25, 0.3) is 0 Å². The molecule has 10 aliphatic rings. The molecule has 10 heterocycles. The Morgan fingerprint density at radius 3 is 1.10 bits per heavy atom. The number of amides is 1. The molecule has 2 N–H and O–H groups in total. The number of piperazine rings is 1. The largest absolute Gasteiger partial charge is 0.393 e. The lowest BCUT2D eigenvalue weighted by Gasteiger charge is -2.48. The number of hydrogen-bond acceptors (Lipinski definition) is 11. The maximum atomic E-state index is 11.1. The Bertz CT molecular complexity index is 1840. The molecule has 81 heavy (non-hydrogen) atoms. The smallest absolute Gasteiger partial charge is 0.219 e. The summed E-state index contributed by atoms with van der Waals surface area (Å²) in [5.41, 5.74) is 1.81. The van der Waals surface area contributed by atoms with Gasteiger partial charge in [0.05, 0.1) is 24.9 Å². The number of carbonyl (C=O) groups is 1. The Hall–Kier alpha value is -1.45. The number of ether oxygens (including phenoxy) is 1. The monoisotopic (exact) mass is 1140 g/mol. The molecule has 6 atom stereocenters. The first-order chi connectivity index (χ1) is 37.1. The van der Waals surface area contributed by atoms with Crippen LogP contribution in [0.1, 0.15) is 249 Å². The second-order valence-corrected chi connectivity index (χ2v) is 33.2. The van der Waals surface area contributed by atoms with Gasteiger partial charge in [-0.2, -0.15) is 0 Å². The highest BCUT2D eigenvalue weighted by atomic mass is 16.5. The summed E-state index contributed by atoms with van der Waals surface area (Å²) in [4.78, 5) is 30.8. The molecule has 0 aromatic carbocycles. The molecule has 0 spiro atoms. The van der Waals surface area contributed by atoms with E-state index in [1.165, 1.54) is 70.8 Å². The number of rotatable bonds is 0. The van der Waals surface area contributed by atoms with E-state index in [2.05, 4.69) is 204 Å². The number of fused-ring (bicyclic) bond motifs is 6. The van der Waals surface area contributed by atoms with E-state index in [4.69, 9.17) is 4.74 Å². The lowest BCUT2D eigenvalue weighted by atomic mass is 9.85. The normalized spacial score (nSPS) is 30.9. The van der Waals surface area contributed by atoms with Crippen LogP contribution in [-0.2, 0) is 9.53 Å². The van der Waals surface area contributed by atoms with E-state index in [9.17, 15) is 15.0 Å². The van der Waals surface area contributed by atoms with Crippen molar-refractivity contribution in [1.29, 1.82) is 0 Å². The third-order valence-electron chi connectivity index (χ3n) is 19.1. The average Bonchev–Trinajstić information content (AvgIpc) is 4.18. The number of aliphatic hydroxyl groups is 2. The first kappa shape index (κ1) is 72.0. The van der Waals surface area contributed by atoms with Gasteiger partial charge in [0.1, 0.15) is 0 Å². The van der Waals surface area contributed by atoms with Crippen LogP contribution < -0.4 is 0 Å². The molecular weight excluding hydrogens is 1000 g/mol. The van der Waals surface area contributed by atoms with Crippen LogP contribution in [-0.4, -0.2) is 221 Å². The van der Waals surface area contributed by atoms with Crippen molar-refractivity contribution in [3.8, 4) is 0 Å². The highest BCUT2D eigenvalue weighted by Gasteiger charge is 2.49. The number of hydrogen-bond donors (Lipinski definition) is 2. The summed E-state index contributed by atoms with van der Waals surface area (Å²) in [5.74, 6) is 0.202. The van der Waals surface area contributed by atoms with Crippen molar-refractivity contribution in [3.05, 3.63) is 24.3 Å². The van der Waals surface area contributed by atoms with Crippen LogP contribution in [0.3, 0.4) is 0 Å². The fraction of sp³-hybridized carbons (Fsp3) is 0.928. The molecule has 474 valence electrons. The summed E-state index contributed by atoms with van der Waals surface area (Å²) in [6.45, 7) is 63.8. The molecule has 6 unspecified atom stereocenters. The van der Waals surface area contributed by atoms with Gasteiger partial charge < -0.3 is 19.8 Å². The van der Waals surface area contributed by atoms with Gasteiger partial charge in [-0.15, -0.1) is 0 Å². The highest BCUT2D eigenvalue weighted by Crippen LogP contribution is 2.45. The Kier molecular flexibility index (Phi) is 26.6. The predicted octanol–water partition coefficient (Wildman–Crippen LogP) is 12.5. The van der Waals surface area contributed by atoms with Crippen LogP contribution in [0.15, 0.2) is 24.3 Å². The quantitative estimate of drug-likeness (QED) is 0.227. The zero-order chi connectivity index (χ0) is 61.2. The molecule has 1 amide bonds. The van der Waals surface area contributed by atoms with Crippen molar-refractivity contribution in [1.82, 2.24) is 39.2 Å². The van der Waals surface area contributed by atoms with Crippen LogP contribution in [0.4, 0.5) is 0 Å². The molecule has 0 aromatic rings. The fourth-order valence-corrected chi connectivity index (χ4v) is 15.2. The minimum Gasteiger partial charge on any atom is -0.393 e. The van der Waals surface area contributed by atoms with E-state index in [0.717, 1.165) is 110 Å². The molecule has 12 nitrogen and oxygen atoms in total. The van der Waals surface area contributed by atoms with Gasteiger partial charge >= 0.3 is 0 Å². The summed E-state index contributed by atoms with van der Waals surface area (Å²) < 4.78 is 5.25. The first-order valence-corrected chi connectivity index (χ1v) is 33.0. The molecule has 10 aliphatic heterocycles. The number of aliphatic hydroxyl groups excluding tert-OH is 1. The lowest BCUT2D eigenvalue weighted by molar-refractivity contribution is -0.131. The van der Waals surface area contributed by atoms with E-state index in [0.29, 0.717) is 46.3 Å². The van der Waals surface area contributed by atoms with Crippen LogP contribution >= 0.6 is 0 Å². The topological polar surface area (TPSA) is 92.7 Å². The van der Waals surface area contributed by atoms with Gasteiger partial charge in [-0.3, -0.25) is 39.1 Å². The average molecular weight is 1140 g/mol. The van der Waals surface area contributed by atoms with Gasteiger partial charge in [0.25, 0.3) is 0 Å². The Morgan fingerprint density at radius 2 is 0.778 bits per heavy atom. The molecule has 10 rings (SSSR count). The van der Waals surface area contributed by atoms with Crippen molar-refractivity contribution in [2.24, 2.45) is 0 Å². The van der Waals surface area contributed by atoms with Gasteiger partial charge in [0.2, 0.25) is 5.91 Å². The summed E-state index contributed by atoms with van der Waals surface area (Å²) in [5, 5.41) is 19.8. The van der Waals surface area contributed by atoms with Crippen LogP contribution in [0.5, 0.6) is 0 Å². The minimum absolute atomic E-state index is 0.0314. The highest BCUT2D eigenvalue weighted by molar-refractivity contribution is 5.73. The number of piperidine rings is 3. The maximum absolute atomic E-state index is 11.1. The zero-order valence-electron chi connectivity index (χ0n) is 57.5. The molecule has 12 heteroatoms. The van der Waals surface area contributed by atoms with Gasteiger partial charge in [0.15, 0.2) is 0 Å². The van der Waals surface area contributed by atoms with E-state index in [1.54, 1.807) is 6.92 Å². The Labute approximate surface area is 501 Å². The van der Waals surface area contributed by atoms with E-state index >= 15 is 0 Å². The molecule has 0 aliphatic carbocycles. The van der Waals surface area contributed by atoms with Gasteiger partial charge in [-0.05, 0) is 236 Å². The number of nitrogens with zero attached hydrogens (tertiary/aromatic N) is 8. The van der Waals surface area contributed by atoms with Gasteiger partial charge in [-0.1, -0.05) is 30.7 Å². The third-order valence-corrected chi connectivity index (χ3v) is 19.1. The van der Waals surface area contributed by atoms with E-state index in [-0.39, 0.29) is 28.6 Å². The molecular formula is C69H134N8O4. The van der Waals surface area contributed by atoms with Gasteiger partial charge in [-0.25, -0.2) is 0 Å².